The van der Waals surface area contributed by atoms with Crippen molar-refractivity contribution in [3.8, 4) is 5.75 Å². The van der Waals surface area contributed by atoms with Crippen molar-refractivity contribution in [1.82, 2.24) is 0 Å². The van der Waals surface area contributed by atoms with Gasteiger partial charge in [0.05, 0.1) is 6.61 Å². The Bertz CT molecular complexity index is 358. The summed E-state index contributed by atoms with van der Waals surface area (Å²) in [5, 5.41) is 0. The van der Waals surface area contributed by atoms with Gasteiger partial charge in [-0.3, -0.25) is 0 Å². The molecular formula is C14H21NO. The number of hydrogen-bond donors (Lipinski definition) is 1. The van der Waals surface area contributed by atoms with E-state index in [0.717, 1.165) is 18.3 Å². The van der Waals surface area contributed by atoms with Crippen LogP contribution in [-0.4, -0.2) is 13.2 Å². The van der Waals surface area contributed by atoms with Crippen LogP contribution in [0.1, 0.15) is 36.8 Å². The van der Waals surface area contributed by atoms with Gasteiger partial charge in [-0.15, -0.1) is 0 Å². The Morgan fingerprint density at radius 1 is 1.44 bits per heavy atom. The van der Waals surface area contributed by atoms with Gasteiger partial charge in [0.2, 0.25) is 0 Å². The molecule has 1 atom stereocenters. The Hall–Kier alpha value is -1.02. The van der Waals surface area contributed by atoms with Crippen LogP contribution in [0.15, 0.2) is 18.2 Å². The number of hydrogen-bond acceptors (Lipinski definition) is 2. The van der Waals surface area contributed by atoms with Crippen LogP contribution in [0.25, 0.3) is 0 Å². The molecule has 0 aliphatic heterocycles. The van der Waals surface area contributed by atoms with Gasteiger partial charge < -0.3 is 10.5 Å². The van der Waals surface area contributed by atoms with Gasteiger partial charge in [-0.1, -0.05) is 24.6 Å². The molecule has 88 valence electrons. The number of benzene rings is 1. The maximum Gasteiger partial charge on any atom is 0.122 e. The maximum atomic E-state index is 5.88. The van der Waals surface area contributed by atoms with Crippen molar-refractivity contribution in [2.75, 3.05) is 13.2 Å². The topological polar surface area (TPSA) is 35.2 Å². The third-order valence-electron chi connectivity index (χ3n) is 3.22. The minimum atomic E-state index is 0.370. The second kappa shape index (κ2) is 4.88. The largest absolute Gasteiger partial charge is 0.493 e. The van der Waals surface area contributed by atoms with Crippen molar-refractivity contribution in [2.24, 2.45) is 11.7 Å². The molecule has 2 heteroatoms. The standard InChI is InChI=1S/C14H21NO/c1-10-3-6-14(16-9-12-4-5-12)13(7-10)11(2)8-15/h3,6-7,11-12H,4-5,8-9,15H2,1-2H3. The van der Waals surface area contributed by atoms with Crippen LogP contribution in [0, 0.1) is 12.8 Å². The second-order valence-electron chi connectivity index (χ2n) is 4.93. The number of aryl methyl sites for hydroxylation is 1. The van der Waals surface area contributed by atoms with Gasteiger partial charge in [-0.25, -0.2) is 0 Å². The molecule has 1 aliphatic rings. The van der Waals surface area contributed by atoms with Gasteiger partial charge in [0, 0.05) is 0 Å². The molecule has 0 bridgehead atoms. The predicted molar refractivity (Wildman–Crippen MR) is 66.9 cm³/mol. The van der Waals surface area contributed by atoms with Gasteiger partial charge in [-0.05, 0) is 49.8 Å². The summed E-state index contributed by atoms with van der Waals surface area (Å²) < 4.78 is 5.88. The molecule has 1 saturated carbocycles. The van der Waals surface area contributed by atoms with Crippen molar-refractivity contribution in [3.63, 3.8) is 0 Å². The molecule has 0 saturated heterocycles. The summed E-state index contributed by atoms with van der Waals surface area (Å²) in [5.74, 6) is 2.19. The highest BCUT2D eigenvalue weighted by molar-refractivity contribution is 5.39. The molecule has 0 spiro atoms. The quantitative estimate of drug-likeness (QED) is 0.826. The van der Waals surface area contributed by atoms with E-state index in [1.165, 1.54) is 24.0 Å². The fraction of sp³-hybridized carbons (Fsp3) is 0.571. The highest BCUT2D eigenvalue weighted by atomic mass is 16.5. The van der Waals surface area contributed by atoms with E-state index in [1.54, 1.807) is 0 Å². The fourth-order valence-corrected chi connectivity index (χ4v) is 1.80. The molecule has 1 aromatic carbocycles. The minimum Gasteiger partial charge on any atom is -0.493 e. The Balaban J connectivity index is 2.13. The van der Waals surface area contributed by atoms with Gasteiger partial charge in [0.1, 0.15) is 5.75 Å². The zero-order chi connectivity index (χ0) is 11.5. The van der Waals surface area contributed by atoms with Gasteiger partial charge >= 0.3 is 0 Å². The van der Waals surface area contributed by atoms with Crippen molar-refractivity contribution in [2.45, 2.75) is 32.6 Å². The number of nitrogens with two attached hydrogens (primary N) is 1. The Labute approximate surface area is 97.8 Å². The summed E-state index contributed by atoms with van der Waals surface area (Å²) in [6, 6.07) is 6.38. The van der Waals surface area contributed by atoms with E-state index in [2.05, 4.69) is 32.0 Å². The summed E-state index contributed by atoms with van der Waals surface area (Å²) >= 11 is 0. The second-order valence-corrected chi connectivity index (χ2v) is 4.93. The third kappa shape index (κ3) is 2.76. The molecule has 1 aliphatic carbocycles. The van der Waals surface area contributed by atoms with Crippen molar-refractivity contribution < 1.29 is 4.74 Å². The Morgan fingerprint density at radius 2 is 2.19 bits per heavy atom. The van der Waals surface area contributed by atoms with E-state index in [0.29, 0.717) is 12.5 Å². The number of rotatable bonds is 5. The first-order valence-electron chi connectivity index (χ1n) is 6.14. The number of ether oxygens (including phenoxy) is 1. The zero-order valence-corrected chi connectivity index (χ0v) is 10.2. The first kappa shape index (κ1) is 11.5. The first-order chi connectivity index (χ1) is 7.70. The summed E-state index contributed by atoms with van der Waals surface area (Å²) in [6.07, 6.45) is 2.65. The van der Waals surface area contributed by atoms with E-state index in [-0.39, 0.29) is 0 Å². The fourth-order valence-electron chi connectivity index (χ4n) is 1.80. The normalized spacial score (nSPS) is 17.2. The lowest BCUT2D eigenvalue weighted by atomic mass is 9.98. The molecular weight excluding hydrogens is 198 g/mol. The Morgan fingerprint density at radius 3 is 2.81 bits per heavy atom. The van der Waals surface area contributed by atoms with Crippen LogP contribution in [0.2, 0.25) is 0 Å². The van der Waals surface area contributed by atoms with Gasteiger partial charge in [0.15, 0.2) is 0 Å². The molecule has 0 heterocycles. The molecule has 2 N–H and O–H groups in total. The lowest BCUT2D eigenvalue weighted by Gasteiger charge is -2.16. The molecule has 2 rings (SSSR count). The van der Waals surface area contributed by atoms with Crippen LogP contribution in [0.3, 0.4) is 0 Å². The lowest BCUT2D eigenvalue weighted by Crippen LogP contribution is -2.11. The van der Waals surface area contributed by atoms with Crippen LogP contribution in [0.5, 0.6) is 5.75 Å². The summed E-state index contributed by atoms with van der Waals surface area (Å²) in [4.78, 5) is 0. The average Bonchev–Trinajstić information content (AvgIpc) is 3.10. The first-order valence-corrected chi connectivity index (χ1v) is 6.14. The van der Waals surface area contributed by atoms with Gasteiger partial charge in [0.25, 0.3) is 0 Å². The van der Waals surface area contributed by atoms with E-state index < -0.39 is 0 Å². The van der Waals surface area contributed by atoms with Crippen molar-refractivity contribution in [1.29, 1.82) is 0 Å². The lowest BCUT2D eigenvalue weighted by molar-refractivity contribution is 0.295. The van der Waals surface area contributed by atoms with Crippen molar-refractivity contribution in [3.05, 3.63) is 29.3 Å². The highest BCUT2D eigenvalue weighted by Crippen LogP contribution is 2.32. The van der Waals surface area contributed by atoms with E-state index in [4.69, 9.17) is 10.5 Å². The third-order valence-corrected chi connectivity index (χ3v) is 3.22. The van der Waals surface area contributed by atoms with E-state index >= 15 is 0 Å². The molecule has 0 aromatic heterocycles. The monoisotopic (exact) mass is 219 g/mol. The van der Waals surface area contributed by atoms with Crippen LogP contribution >= 0.6 is 0 Å². The molecule has 0 radical (unpaired) electrons. The predicted octanol–water partition coefficient (Wildman–Crippen LogP) is 2.85. The van der Waals surface area contributed by atoms with Crippen LogP contribution in [0.4, 0.5) is 0 Å². The molecule has 0 amide bonds. The molecule has 2 nitrogen and oxygen atoms in total. The molecule has 1 unspecified atom stereocenters. The van der Waals surface area contributed by atoms with E-state index in [9.17, 15) is 0 Å². The average molecular weight is 219 g/mol. The molecule has 1 aromatic rings. The molecule has 1 fully saturated rings. The zero-order valence-electron chi connectivity index (χ0n) is 10.2. The molecule has 16 heavy (non-hydrogen) atoms. The smallest absolute Gasteiger partial charge is 0.122 e. The highest BCUT2D eigenvalue weighted by Gasteiger charge is 2.22. The summed E-state index contributed by atoms with van der Waals surface area (Å²) in [7, 11) is 0. The SMILES string of the molecule is Cc1ccc(OCC2CC2)c(C(C)CN)c1. The van der Waals surface area contributed by atoms with Gasteiger partial charge in [-0.2, -0.15) is 0 Å². The Kier molecular flexibility index (Phi) is 3.49. The van der Waals surface area contributed by atoms with Crippen LogP contribution < -0.4 is 10.5 Å². The summed E-state index contributed by atoms with van der Waals surface area (Å²) in [6.45, 7) is 5.80. The minimum absolute atomic E-state index is 0.370. The van der Waals surface area contributed by atoms with Crippen molar-refractivity contribution >= 4 is 0 Å². The maximum absolute atomic E-state index is 5.88. The van der Waals surface area contributed by atoms with Crippen LogP contribution in [-0.2, 0) is 0 Å². The summed E-state index contributed by atoms with van der Waals surface area (Å²) in [5.41, 5.74) is 8.26. The van der Waals surface area contributed by atoms with E-state index in [1.807, 2.05) is 0 Å².